The molecule has 28 heavy (non-hydrogen) atoms. The van der Waals surface area contributed by atoms with Gasteiger partial charge in [0.05, 0.1) is 11.1 Å². The molecule has 2 aromatic heterocycles. The van der Waals surface area contributed by atoms with Crippen LogP contribution in [-0.2, 0) is 24.2 Å². The van der Waals surface area contributed by atoms with Gasteiger partial charge in [0.1, 0.15) is 10.6 Å². The molecule has 3 aromatic rings. The monoisotopic (exact) mass is 417 g/mol. The highest BCUT2D eigenvalue weighted by Gasteiger charge is 2.23. The van der Waals surface area contributed by atoms with Gasteiger partial charge in [0.15, 0.2) is 5.16 Å². The minimum Gasteiger partial charge on any atom is -0.351 e. The molecule has 0 aliphatic heterocycles. The van der Waals surface area contributed by atoms with Gasteiger partial charge in [0.2, 0.25) is 5.91 Å². The molecule has 1 atom stereocenters. The first-order valence-corrected chi connectivity index (χ1v) is 11.0. The van der Waals surface area contributed by atoms with Gasteiger partial charge in [0.25, 0.3) is 5.56 Å². The summed E-state index contributed by atoms with van der Waals surface area (Å²) in [7, 11) is 0. The molecule has 2 N–H and O–H groups in total. The average Bonchev–Trinajstić information content (AvgIpc) is 3.03. The molecule has 1 aromatic carbocycles. The number of carbonyl (C=O) groups is 1. The predicted molar refractivity (Wildman–Crippen MR) is 110 cm³/mol. The van der Waals surface area contributed by atoms with Crippen molar-refractivity contribution in [3.63, 3.8) is 0 Å². The van der Waals surface area contributed by atoms with Crippen molar-refractivity contribution in [3.8, 4) is 0 Å². The lowest BCUT2D eigenvalue weighted by atomic mass is 9.89. The lowest BCUT2D eigenvalue weighted by Gasteiger charge is -2.17. The zero-order valence-corrected chi connectivity index (χ0v) is 17.0. The zero-order valence-electron chi connectivity index (χ0n) is 15.4. The van der Waals surface area contributed by atoms with Crippen LogP contribution < -0.4 is 10.9 Å². The van der Waals surface area contributed by atoms with Gasteiger partial charge in [-0.05, 0) is 36.8 Å². The Bertz CT molecular complexity index is 1090. The van der Waals surface area contributed by atoms with Gasteiger partial charge >= 0.3 is 0 Å². The van der Waals surface area contributed by atoms with E-state index in [1.165, 1.54) is 22.7 Å². The molecule has 8 heteroatoms. The van der Waals surface area contributed by atoms with Crippen LogP contribution in [-0.4, -0.2) is 21.6 Å². The van der Waals surface area contributed by atoms with Crippen LogP contribution in [0.2, 0.25) is 0 Å². The van der Waals surface area contributed by atoms with Crippen LogP contribution in [0.15, 0.2) is 34.2 Å². The third-order valence-corrected chi connectivity index (χ3v) is 6.94. The minimum absolute atomic E-state index is 0.102. The Hall–Kier alpha value is -2.19. The Kier molecular flexibility index (Phi) is 5.50. The second-order valence-corrected chi connectivity index (χ2v) is 9.11. The van der Waals surface area contributed by atoms with Crippen LogP contribution in [0.3, 0.4) is 0 Å². The molecule has 0 saturated heterocycles. The zero-order chi connectivity index (χ0) is 19.7. The maximum Gasteiger partial charge on any atom is 0.260 e. The summed E-state index contributed by atoms with van der Waals surface area (Å²) in [6.45, 7) is 2.36. The van der Waals surface area contributed by atoms with Crippen molar-refractivity contribution in [2.24, 2.45) is 5.92 Å². The highest BCUT2D eigenvalue weighted by atomic mass is 32.2. The number of hydrogen-bond acceptors (Lipinski definition) is 5. The van der Waals surface area contributed by atoms with E-state index in [0.717, 1.165) is 29.7 Å². The predicted octanol–water partition coefficient (Wildman–Crippen LogP) is 3.66. The van der Waals surface area contributed by atoms with Gasteiger partial charge in [-0.25, -0.2) is 9.37 Å². The Morgan fingerprint density at radius 1 is 1.43 bits per heavy atom. The number of amides is 1. The number of H-pyrrole nitrogens is 1. The van der Waals surface area contributed by atoms with E-state index < -0.39 is 0 Å². The van der Waals surface area contributed by atoms with E-state index in [4.69, 9.17) is 0 Å². The van der Waals surface area contributed by atoms with Crippen LogP contribution in [0.25, 0.3) is 10.2 Å². The molecular weight excluding hydrogens is 397 g/mol. The normalized spacial score (nSPS) is 16.1. The first-order valence-electron chi connectivity index (χ1n) is 9.18. The lowest BCUT2D eigenvalue weighted by Crippen LogP contribution is -2.25. The van der Waals surface area contributed by atoms with Crippen LogP contribution in [0.1, 0.15) is 29.3 Å². The number of nitrogens with zero attached hydrogens (tertiary/aromatic N) is 1. The van der Waals surface area contributed by atoms with Crippen LogP contribution in [0.5, 0.6) is 0 Å². The summed E-state index contributed by atoms with van der Waals surface area (Å²) in [6.07, 6.45) is 3.01. The molecule has 0 spiro atoms. The second kappa shape index (κ2) is 8.05. The summed E-state index contributed by atoms with van der Waals surface area (Å²) >= 11 is 2.77. The van der Waals surface area contributed by atoms with Crippen molar-refractivity contribution < 1.29 is 9.18 Å². The Balaban J connectivity index is 1.43. The van der Waals surface area contributed by atoms with Crippen molar-refractivity contribution in [1.29, 1.82) is 0 Å². The summed E-state index contributed by atoms with van der Waals surface area (Å²) in [5, 5.41) is 3.83. The summed E-state index contributed by atoms with van der Waals surface area (Å²) in [4.78, 5) is 34.0. The molecule has 0 bridgehead atoms. The molecule has 0 unspecified atom stereocenters. The van der Waals surface area contributed by atoms with E-state index >= 15 is 0 Å². The second-order valence-electron chi connectivity index (χ2n) is 7.06. The number of benzene rings is 1. The summed E-state index contributed by atoms with van der Waals surface area (Å²) in [5.74, 6) is 0.148. The molecule has 146 valence electrons. The molecule has 2 heterocycles. The van der Waals surface area contributed by atoms with Crippen molar-refractivity contribution in [3.05, 3.63) is 56.4 Å². The lowest BCUT2D eigenvalue weighted by molar-refractivity contribution is -0.118. The number of thiophene rings is 1. The molecule has 4 rings (SSSR count). The Labute approximate surface area is 169 Å². The van der Waals surface area contributed by atoms with E-state index in [9.17, 15) is 14.0 Å². The average molecular weight is 418 g/mol. The van der Waals surface area contributed by atoms with Crippen molar-refractivity contribution >= 4 is 39.2 Å². The standard InChI is InChI=1S/C20H20FN3O2S2/c1-11-6-7-13-15(8-11)28-19-17(13)18(26)23-20(24-19)27-10-16(25)22-9-12-4-2-3-5-14(12)21/h2-5,11H,6-10H2,1H3,(H,22,25)(H,23,24,26)/t11-/m1/s1. The number of nitrogens with one attached hydrogen (secondary N) is 2. The molecule has 0 radical (unpaired) electrons. The van der Waals surface area contributed by atoms with Gasteiger partial charge in [-0.15, -0.1) is 11.3 Å². The van der Waals surface area contributed by atoms with E-state index in [-0.39, 0.29) is 29.6 Å². The Morgan fingerprint density at radius 3 is 3.07 bits per heavy atom. The largest absolute Gasteiger partial charge is 0.351 e. The van der Waals surface area contributed by atoms with Crippen molar-refractivity contribution in [2.45, 2.75) is 37.9 Å². The fourth-order valence-electron chi connectivity index (χ4n) is 3.42. The van der Waals surface area contributed by atoms with Crippen LogP contribution in [0.4, 0.5) is 4.39 Å². The maximum atomic E-state index is 13.6. The number of hydrogen-bond donors (Lipinski definition) is 2. The molecule has 0 saturated carbocycles. The maximum absolute atomic E-state index is 13.6. The summed E-state index contributed by atoms with van der Waals surface area (Å²) < 4.78 is 13.6. The van der Waals surface area contributed by atoms with Gasteiger partial charge in [-0.1, -0.05) is 36.9 Å². The fraction of sp³-hybridized carbons (Fsp3) is 0.350. The number of aromatic amines is 1. The van der Waals surface area contributed by atoms with E-state index in [0.29, 0.717) is 22.0 Å². The highest BCUT2D eigenvalue weighted by molar-refractivity contribution is 7.99. The number of halogens is 1. The number of aryl methyl sites for hydroxylation is 1. The van der Waals surface area contributed by atoms with Crippen molar-refractivity contribution in [1.82, 2.24) is 15.3 Å². The van der Waals surface area contributed by atoms with Crippen LogP contribution in [0, 0.1) is 11.7 Å². The van der Waals surface area contributed by atoms with Gasteiger partial charge < -0.3 is 10.3 Å². The number of aromatic nitrogens is 2. The first-order chi connectivity index (χ1) is 13.5. The molecule has 1 aliphatic rings. The topological polar surface area (TPSA) is 74.8 Å². The third-order valence-electron chi connectivity index (χ3n) is 4.92. The Morgan fingerprint density at radius 2 is 2.25 bits per heavy atom. The molecule has 0 fully saturated rings. The van der Waals surface area contributed by atoms with Gasteiger partial charge in [-0.3, -0.25) is 9.59 Å². The first kappa shape index (κ1) is 19.1. The third kappa shape index (κ3) is 3.98. The number of fused-ring (bicyclic) bond motifs is 3. The smallest absolute Gasteiger partial charge is 0.260 e. The van der Waals surface area contributed by atoms with Crippen LogP contribution >= 0.6 is 23.1 Å². The molecule has 1 amide bonds. The molecule has 1 aliphatic carbocycles. The van der Waals surface area contributed by atoms with E-state index in [2.05, 4.69) is 22.2 Å². The van der Waals surface area contributed by atoms with Gasteiger partial charge in [-0.2, -0.15) is 0 Å². The van der Waals surface area contributed by atoms with E-state index in [1.54, 1.807) is 29.5 Å². The highest BCUT2D eigenvalue weighted by Crippen LogP contribution is 2.36. The number of rotatable bonds is 5. The minimum atomic E-state index is -0.345. The summed E-state index contributed by atoms with van der Waals surface area (Å²) in [6, 6.07) is 6.33. The number of carbonyl (C=O) groups excluding carboxylic acids is 1. The summed E-state index contributed by atoms with van der Waals surface area (Å²) in [5.41, 5.74) is 1.45. The van der Waals surface area contributed by atoms with Crippen molar-refractivity contribution in [2.75, 3.05) is 5.75 Å². The quantitative estimate of drug-likeness (QED) is 0.491. The number of thioether (sulfide) groups is 1. The van der Waals surface area contributed by atoms with E-state index in [1.807, 2.05) is 0 Å². The SMILES string of the molecule is C[C@@H]1CCc2c(sc3nc(SCC(=O)NCc4ccccc4F)[nH]c(=O)c23)C1. The van der Waals surface area contributed by atoms with Gasteiger partial charge in [0, 0.05) is 17.0 Å². The molecule has 5 nitrogen and oxygen atoms in total. The molecular formula is C20H20FN3O2S2. The fourth-order valence-corrected chi connectivity index (χ4v) is 5.55.